The minimum atomic E-state index is -0.610. The van der Waals surface area contributed by atoms with Crippen molar-refractivity contribution < 1.29 is 28.0 Å². The predicted octanol–water partition coefficient (Wildman–Crippen LogP) is 3.98. The van der Waals surface area contributed by atoms with Crippen molar-refractivity contribution in [1.29, 1.82) is 0 Å². The van der Waals surface area contributed by atoms with Gasteiger partial charge in [0.1, 0.15) is 35.6 Å². The smallest absolute Gasteiger partial charge is 0.255 e. The Bertz CT molecular complexity index is 2330. The lowest BCUT2D eigenvalue weighted by Crippen LogP contribution is -2.66. The fourth-order valence-corrected chi connectivity index (χ4v) is 11.5. The number of anilines is 4. The van der Waals surface area contributed by atoms with Gasteiger partial charge in [-0.25, -0.2) is 18.7 Å². The van der Waals surface area contributed by atoms with E-state index in [0.717, 1.165) is 94.5 Å². The average molecular weight is 894 g/mol. The largest absolute Gasteiger partial charge is 0.371 e. The molecule has 0 radical (unpaired) electrons. The number of amides is 4. The second kappa shape index (κ2) is 17.4. The van der Waals surface area contributed by atoms with Gasteiger partial charge in [-0.3, -0.25) is 29.4 Å². The van der Waals surface area contributed by atoms with Crippen molar-refractivity contribution in [3.8, 4) is 0 Å². The number of nitrogens with one attached hydrogen (secondary N) is 3. The molecule has 6 fully saturated rings. The van der Waals surface area contributed by atoms with Crippen molar-refractivity contribution in [2.75, 3.05) is 98.6 Å². The van der Waals surface area contributed by atoms with Gasteiger partial charge in [-0.05, 0) is 105 Å². The molecule has 10 rings (SSSR count). The molecule has 3 atom stereocenters. The van der Waals surface area contributed by atoms with E-state index >= 15 is 8.78 Å². The molecule has 1 spiro atoms. The Labute approximate surface area is 379 Å². The Balaban J connectivity index is 0.667. The molecule has 17 heteroatoms. The Morgan fingerprint density at radius 3 is 2.32 bits per heavy atom. The van der Waals surface area contributed by atoms with Gasteiger partial charge in [0.25, 0.3) is 5.91 Å². The van der Waals surface area contributed by atoms with Crippen LogP contribution in [-0.2, 0) is 27.5 Å². The molecule has 3 N–H and O–H groups in total. The molecule has 1 aromatic heterocycles. The number of rotatable bonds is 11. The number of hydrogen-bond donors (Lipinski definition) is 3. The quantitative estimate of drug-likeness (QED) is 0.189. The summed E-state index contributed by atoms with van der Waals surface area (Å²) in [5.74, 6) is 0.811. The third-order valence-corrected chi connectivity index (χ3v) is 15.4. The SMILES string of the molecule is CC1(C)CCN(Cc2cc(F)c(N3CC(=O)NC4(CCN(c5cc(NCCCN6C[C@@H]7CN(c8ccc9c(c8)CN(C8CCC(=O)NC8=O)C9=O)C[C@@H]7C6)ncn5)CC4)C3)cc2F)CC1. The molecule has 4 amide bonds. The molecule has 8 heterocycles. The second-order valence-corrected chi connectivity index (χ2v) is 20.5. The van der Waals surface area contributed by atoms with Gasteiger partial charge in [-0.15, -0.1) is 0 Å². The first-order chi connectivity index (χ1) is 31.3. The number of likely N-dealkylation sites (tertiary alicyclic amines) is 2. The van der Waals surface area contributed by atoms with Crippen LogP contribution in [0.2, 0.25) is 0 Å². The number of piperazine rings is 1. The molecule has 6 saturated heterocycles. The van der Waals surface area contributed by atoms with Crippen LogP contribution in [0, 0.1) is 28.9 Å². The minimum Gasteiger partial charge on any atom is -0.371 e. The number of carbonyl (C=O) groups is 4. The highest BCUT2D eigenvalue weighted by Crippen LogP contribution is 2.38. The average Bonchev–Trinajstić information content (AvgIpc) is 3.96. The molecule has 0 saturated carbocycles. The van der Waals surface area contributed by atoms with E-state index in [2.05, 4.69) is 65.4 Å². The zero-order valence-corrected chi connectivity index (χ0v) is 37.6. The van der Waals surface area contributed by atoms with E-state index in [4.69, 9.17) is 0 Å². The Morgan fingerprint density at radius 2 is 1.57 bits per heavy atom. The maximum atomic E-state index is 15.7. The first kappa shape index (κ1) is 43.5. The van der Waals surface area contributed by atoms with Gasteiger partial charge in [0, 0.05) is 101 Å². The zero-order valence-electron chi connectivity index (χ0n) is 37.6. The van der Waals surface area contributed by atoms with Crippen LogP contribution in [0.5, 0.6) is 0 Å². The van der Waals surface area contributed by atoms with Gasteiger partial charge < -0.3 is 35.1 Å². The molecule has 2 aromatic carbocycles. The van der Waals surface area contributed by atoms with Gasteiger partial charge in [-0.1, -0.05) is 13.8 Å². The summed E-state index contributed by atoms with van der Waals surface area (Å²) >= 11 is 0. The highest BCUT2D eigenvalue weighted by molar-refractivity contribution is 6.05. The van der Waals surface area contributed by atoms with E-state index in [9.17, 15) is 19.2 Å². The first-order valence-corrected chi connectivity index (χ1v) is 23.6. The van der Waals surface area contributed by atoms with Crippen LogP contribution in [-0.4, -0.2) is 138 Å². The van der Waals surface area contributed by atoms with E-state index in [1.165, 1.54) is 12.1 Å². The number of imide groups is 1. The van der Waals surface area contributed by atoms with Gasteiger partial charge in [0.05, 0.1) is 17.8 Å². The highest BCUT2D eigenvalue weighted by atomic mass is 19.1. The summed E-state index contributed by atoms with van der Waals surface area (Å²) in [6, 6.07) is 10.0. The molecule has 3 aromatic rings. The zero-order chi connectivity index (χ0) is 45.0. The number of hydrogen-bond acceptors (Lipinski definition) is 12. The van der Waals surface area contributed by atoms with Crippen LogP contribution in [0.4, 0.5) is 31.8 Å². The van der Waals surface area contributed by atoms with Crippen molar-refractivity contribution in [3.63, 3.8) is 0 Å². The molecular weight excluding hydrogens is 833 g/mol. The third-order valence-electron chi connectivity index (χ3n) is 15.4. The van der Waals surface area contributed by atoms with Crippen LogP contribution in [0.25, 0.3) is 0 Å². The van der Waals surface area contributed by atoms with Crippen LogP contribution in [0.3, 0.4) is 0 Å². The fraction of sp³-hybridized carbons (Fsp3) is 0.583. The summed E-state index contributed by atoms with van der Waals surface area (Å²) in [5.41, 5.74) is 2.92. The number of halogens is 2. The summed E-state index contributed by atoms with van der Waals surface area (Å²) in [6.45, 7) is 14.5. The molecule has 0 bridgehead atoms. The lowest BCUT2D eigenvalue weighted by Gasteiger charge is -2.48. The summed E-state index contributed by atoms with van der Waals surface area (Å²) < 4.78 is 31.2. The number of nitrogens with zero attached hydrogens (tertiary/aromatic N) is 8. The summed E-state index contributed by atoms with van der Waals surface area (Å²) in [5, 5.41) is 9.08. The van der Waals surface area contributed by atoms with Gasteiger partial charge in [0.15, 0.2) is 0 Å². The van der Waals surface area contributed by atoms with E-state index in [0.29, 0.717) is 74.9 Å². The maximum absolute atomic E-state index is 15.7. The lowest BCUT2D eigenvalue weighted by molar-refractivity contribution is -0.137. The van der Waals surface area contributed by atoms with E-state index < -0.39 is 23.2 Å². The predicted molar refractivity (Wildman–Crippen MR) is 242 cm³/mol. The fourth-order valence-electron chi connectivity index (χ4n) is 11.5. The number of benzene rings is 2. The molecule has 15 nitrogen and oxygen atoms in total. The molecular formula is C48H61F2N11O4. The van der Waals surface area contributed by atoms with E-state index in [-0.39, 0.29) is 47.7 Å². The standard InChI is InChI=1S/C48H61F2N11O4/c1-47(2)8-14-56(15-9-47)22-32-19-38(50)40(20-37(32)49)60-28-44(63)55-48(29-60)10-16-58(17-11-48)42-21-41(52-30-53-42)51-12-3-13-57-23-33-25-59(26-34(33)24-57)35-4-5-36-31(18-35)27-61(46(36)65)39-6-7-43(62)54-45(39)64/h4-5,18-21,30,33-34,39H,3,6-17,22-29H2,1-2H3,(H,55,63)(H,51,52,53)(H,54,62,64)/t33-,34+,39?. The molecule has 1 unspecified atom stereocenters. The van der Waals surface area contributed by atoms with Crippen molar-refractivity contribution in [2.24, 2.45) is 17.3 Å². The lowest BCUT2D eigenvalue weighted by atomic mass is 9.82. The topological polar surface area (TPSA) is 150 Å². The van der Waals surface area contributed by atoms with Crippen LogP contribution < -0.4 is 30.7 Å². The number of aromatic nitrogens is 2. The Kier molecular flexibility index (Phi) is 11.7. The summed E-state index contributed by atoms with van der Waals surface area (Å²) in [4.78, 5) is 72.2. The Morgan fingerprint density at radius 1 is 0.800 bits per heavy atom. The normalized spacial score (nSPS) is 25.6. The van der Waals surface area contributed by atoms with Crippen molar-refractivity contribution in [1.82, 2.24) is 35.3 Å². The van der Waals surface area contributed by atoms with Crippen molar-refractivity contribution >= 4 is 46.6 Å². The van der Waals surface area contributed by atoms with Gasteiger partial charge >= 0.3 is 0 Å². The van der Waals surface area contributed by atoms with E-state index in [1.54, 1.807) is 16.1 Å². The van der Waals surface area contributed by atoms with Crippen LogP contribution in [0.15, 0.2) is 42.7 Å². The molecule has 65 heavy (non-hydrogen) atoms. The highest BCUT2D eigenvalue weighted by Gasteiger charge is 2.44. The first-order valence-electron chi connectivity index (χ1n) is 23.6. The van der Waals surface area contributed by atoms with Crippen LogP contribution in [0.1, 0.15) is 80.3 Å². The van der Waals surface area contributed by atoms with E-state index in [1.807, 2.05) is 18.2 Å². The summed E-state index contributed by atoms with van der Waals surface area (Å²) in [7, 11) is 0. The van der Waals surface area contributed by atoms with Crippen LogP contribution >= 0.6 is 0 Å². The third kappa shape index (κ3) is 9.10. The second-order valence-electron chi connectivity index (χ2n) is 20.5. The summed E-state index contributed by atoms with van der Waals surface area (Å²) in [6.07, 6.45) is 6.50. The van der Waals surface area contributed by atoms with Gasteiger partial charge in [0.2, 0.25) is 17.7 Å². The monoisotopic (exact) mass is 893 g/mol. The van der Waals surface area contributed by atoms with Crippen molar-refractivity contribution in [2.45, 2.75) is 83.5 Å². The molecule has 346 valence electrons. The maximum Gasteiger partial charge on any atom is 0.255 e. The van der Waals surface area contributed by atoms with Gasteiger partial charge in [-0.2, -0.15) is 0 Å². The minimum absolute atomic E-state index is 0.0153. The molecule has 7 aliphatic rings. The van der Waals surface area contributed by atoms with Crippen molar-refractivity contribution in [3.05, 3.63) is 71.1 Å². The molecule has 0 aliphatic carbocycles. The molecule has 7 aliphatic heterocycles. The number of piperidine rings is 3. The Hall–Kier alpha value is -5.42. The number of carbonyl (C=O) groups excluding carboxylic acids is 4. The number of fused-ring (bicyclic) bond motifs is 2.